The summed E-state index contributed by atoms with van der Waals surface area (Å²) in [6.07, 6.45) is 7.07. The van der Waals surface area contributed by atoms with Gasteiger partial charge in [0, 0.05) is 22.9 Å². The molecule has 1 aliphatic carbocycles. The molecule has 4 N–H and O–H groups in total. The third-order valence-electron chi connectivity index (χ3n) is 8.06. The second kappa shape index (κ2) is 14.0. The Bertz CT molecular complexity index is 1270. The molecular formula is C30H39ClN4O6. The molecule has 222 valence electrons. The minimum absolute atomic E-state index is 0.0435. The summed E-state index contributed by atoms with van der Waals surface area (Å²) in [7, 11) is 0. The standard InChI is InChI=1S/C30H39ClN4O6/c1-17(2)26(35-29(39)25-15-20-13-21(31)8-9-24(20)41-25)30(40)34-23(12-18-6-4-3-5-7-18)28(38)33-22(16-36)14-19-10-11-32-27(19)37/h8-9,13,15-19,22-23,26H,3-7,10-12,14H2,1-2H3,(H,32,37)(H,33,38)(H,34,40)(H,35,39)/t19-,22-,23-,26?/m0/s1. The molecule has 4 amide bonds. The van der Waals surface area contributed by atoms with E-state index in [1.54, 1.807) is 38.1 Å². The van der Waals surface area contributed by atoms with E-state index in [4.69, 9.17) is 16.0 Å². The normalized spacial score (nSPS) is 19.8. The molecule has 1 saturated heterocycles. The van der Waals surface area contributed by atoms with Crippen molar-refractivity contribution in [3.8, 4) is 0 Å². The molecule has 2 heterocycles. The molecule has 4 atom stereocenters. The highest BCUT2D eigenvalue weighted by molar-refractivity contribution is 6.31. The average molecular weight is 587 g/mol. The number of hydrogen-bond donors (Lipinski definition) is 4. The number of hydrogen-bond acceptors (Lipinski definition) is 6. The second-order valence-electron chi connectivity index (χ2n) is 11.6. The molecule has 41 heavy (non-hydrogen) atoms. The molecule has 2 fully saturated rings. The van der Waals surface area contributed by atoms with E-state index in [-0.39, 0.29) is 35.8 Å². The minimum Gasteiger partial charge on any atom is -0.451 e. The average Bonchev–Trinajstić information content (AvgIpc) is 3.56. The Kier molecular flexibility index (Phi) is 10.4. The summed E-state index contributed by atoms with van der Waals surface area (Å²) in [4.78, 5) is 63.8. The zero-order valence-corrected chi connectivity index (χ0v) is 24.3. The van der Waals surface area contributed by atoms with Crippen LogP contribution in [0, 0.1) is 17.8 Å². The lowest BCUT2D eigenvalue weighted by molar-refractivity contribution is -0.132. The topological polar surface area (TPSA) is 147 Å². The lowest BCUT2D eigenvalue weighted by Gasteiger charge is -2.29. The lowest BCUT2D eigenvalue weighted by atomic mass is 9.84. The number of nitrogens with one attached hydrogen (secondary N) is 4. The molecular weight excluding hydrogens is 548 g/mol. The lowest BCUT2D eigenvalue weighted by Crippen LogP contribution is -2.57. The van der Waals surface area contributed by atoms with Crippen molar-refractivity contribution >= 4 is 52.5 Å². The maximum Gasteiger partial charge on any atom is 0.287 e. The number of furan rings is 1. The van der Waals surface area contributed by atoms with Crippen molar-refractivity contribution in [2.75, 3.05) is 6.54 Å². The summed E-state index contributed by atoms with van der Waals surface area (Å²) in [6, 6.07) is 3.90. The number of amides is 4. The van der Waals surface area contributed by atoms with Crippen LogP contribution in [0.3, 0.4) is 0 Å². The summed E-state index contributed by atoms with van der Waals surface area (Å²) in [5.74, 6) is -1.99. The summed E-state index contributed by atoms with van der Waals surface area (Å²) >= 11 is 6.04. The summed E-state index contributed by atoms with van der Waals surface area (Å²) in [6.45, 7) is 4.15. The van der Waals surface area contributed by atoms with Gasteiger partial charge in [-0.15, -0.1) is 0 Å². The summed E-state index contributed by atoms with van der Waals surface area (Å²) in [5.41, 5.74) is 0.495. The van der Waals surface area contributed by atoms with Gasteiger partial charge in [0.05, 0.1) is 6.04 Å². The third kappa shape index (κ3) is 8.09. The van der Waals surface area contributed by atoms with Crippen molar-refractivity contribution in [1.82, 2.24) is 21.3 Å². The highest BCUT2D eigenvalue weighted by atomic mass is 35.5. The van der Waals surface area contributed by atoms with Crippen molar-refractivity contribution in [3.63, 3.8) is 0 Å². The fraction of sp³-hybridized carbons (Fsp3) is 0.567. The van der Waals surface area contributed by atoms with Gasteiger partial charge in [0.1, 0.15) is 24.0 Å². The number of halogens is 1. The minimum atomic E-state index is -0.940. The second-order valence-corrected chi connectivity index (χ2v) is 12.0. The van der Waals surface area contributed by atoms with Gasteiger partial charge in [0.2, 0.25) is 17.7 Å². The molecule has 1 aromatic carbocycles. The van der Waals surface area contributed by atoms with Crippen LogP contribution in [0.4, 0.5) is 0 Å². The van der Waals surface area contributed by atoms with Crippen LogP contribution >= 0.6 is 11.6 Å². The van der Waals surface area contributed by atoms with E-state index in [0.29, 0.717) is 41.7 Å². The first-order valence-electron chi connectivity index (χ1n) is 14.5. The van der Waals surface area contributed by atoms with Crippen LogP contribution in [-0.2, 0) is 19.2 Å². The largest absolute Gasteiger partial charge is 0.451 e. The van der Waals surface area contributed by atoms with E-state index in [0.717, 1.165) is 32.1 Å². The first-order valence-corrected chi connectivity index (χ1v) is 14.9. The number of carbonyl (C=O) groups is 5. The van der Waals surface area contributed by atoms with Gasteiger partial charge in [-0.05, 0) is 55.4 Å². The highest BCUT2D eigenvalue weighted by Crippen LogP contribution is 2.28. The van der Waals surface area contributed by atoms with Gasteiger partial charge in [0.15, 0.2) is 5.76 Å². The van der Waals surface area contributed by atoms with E-state index < -0.39 is 35.8 Å². The molecule has 0 spiro atoms. The monoisotopic (exact) mass is 586 g/mol. The Balaban J connectivity index is 1.45. The SMILES string of the molecule is CC(C)C(NC(=O)c1cc2cc(Cl)ccc2o1)C(=O)N[C@@H](CC1CCCCC1)C(=O)N[C@H](C=O)C[C@@H]1CCNC1=O. The van der Waals surface area contributed by atoms with Gasteiger partial charge in [0.25, 0.3) is 5.91 Å². The molecule has 0 bridgehead atoms. The van der Waals surface area contributed by atoms with Crippen LogP contribution in [0.15, 0.2) is 28.7 Å². The first-order chi connectivity index (χ1) is 19.6. The van der Waals surface area contributed by atoms with Crippen LogP contribution < -0.4 is 21.3 Å². The van der Waals surface area contributed by atoms with Crippen molar-refractivity contribution in [1.29, 1.82) is 0 Å². The van der Waals surface area contributed by atoms with Gasteiger partial charge in [-0.25, -0.2) is 0 Å². The van der Waals surface area contributed by atoms with Gasteiger partial charge >= 0.3 is 0 Å². The van der Waals surface area contributed by atoms with Crippen LogP contribution in [0.1, 0.15) is 75.8 Å². The number of rotatable bonds is 12. The Hall–Kier alpha value is -3.40. The molecule has 1 saturated carbocycles. The molecule has 1 aliphatic heterocycles. The highest BCUT2D eigenvalue weighted by Gasteiger charge is 2.33. The van der Waals surface area contributed by atoms with Crippen molar-refractivity contribution in [3.05, 3.63) is 35.0 Å². The zero-order chi connectivity index (χ0) is 29.5. The third-order valence-corrected chi connectivity index (χ3v) is 8.29. The Morgan fingerprint density at radius 1 is 1.02 bits per heavy atom. The van der Waals surface area contributed by atoms with Crippen molar-refractivity contribution < 1.29 is 28.4 Å². The fourth-order valence-electron chi connectivity index (χ4n) is 5.73. The van der Waals surface area contributed by atoms with Crippen molar-refractivity contribution in [2.24, 2.45) is 17.8 Å². The smallest absolute Gasteiger partial charge is 0.287 e. The van der Waals surface area contributed by atoms with Gasteiger partial charge < -0.3 is 30.5 Å². The maximum atomic E-state index is 13.5. The zero-order valence-electron chi connectivity index (χ0n) is 23.5. The number of benzene rings is 1. The molecule has 2 aromatic rings. The van der Waals surface area contributed by atoms with Crippen LogP contribution in [-0.4, -0.2) is 54.6 Å². The summed E-state index contributed by atoms with van der Waals surface area (Å²) in [5, 5.41) is 12.3. The molecule has 2 aliphatic rings. The molecule has 10 nitrogen and oxygen atoms in total. The Morgan fingerprint density at radius 2 is 1.78 bits per heavy atom. The molecule has 1 aromatic heterocycles. The van der Waals surface area contributed by atoms with E-state index >= 15 is 0 Å². The van der Waals surface area contributed by atoms with Gasteiger partial charge in [-0.2, -0.15) is 0 Å². The molecule has 0 radical (unpaired) electrons. The number of aldehydes is 1. The van der Waals surface area contributed by atoms with E-state index in [1.165, 1.54) is 0 Å². The summed E-state index contributed by atoms with van der Waals surface area (Å²) < 4.78 is 5.66. The van der Waals surface area contributed by atoms with E-state index in [1.807, 2.05) is 0 Å². The number of carbonyl (C=O) groups excluding carboxylic acids is 5. The Morgan fingerprint density at radius 3 is 2.44 bits per heavy atom. The predicted octanol–water partition coefficient (Wildman–Crippen LogP) is 3.51. The quantitative estimate of drug-likeness (QED) is 0.280. The van der Waals surface area contributed by atoms with Crippen LogP contribution in [0.5, 0.6) is 0 Å². The fourth-order valence-corrected chi connectivity index (χ4v) is 5.91. The predicted molar refractivity (Wildman–Crippen MR) is 154 cm³/mol. The first kappa shape index (κ1) is 30.6. The number of fused-ring (bicyclic) bond motifs is 1. The molecule has 4 rings (SSSR count). The maximum absolute atomic E-state index is 13.5. The Labute approximate surface area is 244 Å². The van der Waals surface area contributed by atoms with Crippen LogP contribution in [0.25, 0.3) is 11.0 Å². The van der Waals surface area contributed by atoms with Crippen LogP contribution in [0.2, 0.25) is 5.02 Å². The van der Waals surface area contributed by atoms with Gasteiger partial charge in [-0.3, -0.25) is 19.2 Å². The van der Waals surface area contributed by atoms with E-state index in [2.05, 4.69) is 21.3 Å². The molecule has 1 unspecified atom stereocenters. The van der Waals surface area contributed by atoms with E-state index in [9.17, 15) is 24.0 Å². The van der Waals surface area contributed by atoms with Crippen molar-refractivity contribution in [2.45, 2.75) is 83.3 Å². The molecule has 11 heteroatoms. The van der Waals surface area contributed by atoms with Gasteiger partial charge in [-0.1, -0.05) is 57.6 Å².